The van der Waals surface area contributed by atoms with Crippen molar-refractivity contribution in [3.8, 4) is 0 Å². The maximum absolute atomic E-state index is 6.17. The predicted octanol–water partition coefficient (Wildman–Crippen LogP) is 2.63. The smallest absolute Gasteiger partial charge is 0.123 e. The number of thioether (sulfide) groups is 1. The van der Waals surface area contributed by atoms with Crippen molar-refractivity contribution in [2.75, 3.05) is 11.5 Å². The molecule has 0 bridgehead atoms. The van der Waals surface area contributed by atoms with E-state index in [4.69, 9.17) is 11.5 Å². The molecule has 1 aromatic heterocycles. The average molecular weight is 273 g/mol. The fourth-order valence-corrected chi connectivity index (χ4v) is 2.88. The lowest BCUT2D eigenvalue weighted by Gasteiger charge is -2.12. The van der Waals surface area contributed by atoms with Gasteiger partial charge in [-0.2, -0.15) is 0 Å². The Kier molecular flexibility index (Phi) is 4.82. The number of nitrogens with zero attached hydrogens (tertiary/aromatic N) is 1. The minimum atomic E-state index is 0.117. The van der Waals surface area contributed by atoms with Gasteiger partial charge in [0.15, 0.2) is 0 Å². The number of rotatable bonds is 5. The molecular weight excluding hydrogens is 254 g/mol. The first-order valence-corrected chi connectivity index (χ1v) is 7.28. The van der Waals surface area contributed by atoms with Crippen LogP contribution in [-0.2, 0) is 6.42 Å². The molecule has 0 aliphatic rings. The van der Waals surface area contributed by atoms with Crippen LogP contribution in [0.25, 0.3) is 0 Å². The number of hydrogen-bond donors (Lipinski definition) is 2. The number of aryl methyl sites for hydroxylation is 1. The van der Waals surface area contributed by atoms with Crippen molar-refractivity contribution < 1.29 is 0 Å². The number of pyridine rings is 1. The minimum absolute atomic E-state index is 0.117. The Morgan fingerprint density at radius 1 is 1.26 bits per heavy atom. The molecule has 19 heavy (non-hydrogen) atoms. The van der Waals surface area contributed by atoms with Crippen molar-refractivity contribution in [1.82, 2.24) is 4.98 Å². The maximum atomic E-state index is 6.17. The highest BCUT2D eigenvalue weighted by atomic mass is 32.2. The normalized spacial score (nSPS) is 12.3. The SMILES string of the molecule is Cc1ccccc1SCC(N)Cc1ccnc(N)c1. The highest BCUT2D eigenvalue weighted by molar-refractivity contribution is 7.99. The molecule has 1 aromatic carbocycles. The molecular formula is C15H19N3S. The van der Waals surface area contributed by atoms with Crippen molar-refractivity contribution in [3.05, 3.63) is 53.7 Å². The molecule has 3 nitrogen and oxygen atoms in total. The Balaban J connectivity index is 1.88. The molecule has 0 radical (unpaired) electrons. The second kappa shape index (κ2) is 6.59. The van der Waals surface area contributed by atoms with Gasteiger partial charge in [0.1, 0.15) is 5.82 Å². The highest BCUT2D eigenvalue weighted by Gasteiger charge is 2.07. The molecule has 2 aromatic rings. The first-order valence-electron chi connectivity index (χ1n) is 6.29. The van der Waals surface area contributed by atoms with Gasteiger partial charge in [0, 0.05) is 22.9 Å². The minimum Gasteiger partial charge on any atom is -0.384 e. The summed E-state index contributed by atoms with van der Waals surface area (Å²) in [6.45, 7) is 2.12. The number of benzene rings is 1. The number of anilines is 1. The Bertz CT molecular complexity index is 542. The van der Waals surface area contributed by atoms with Gasteiger partial charge in [0.2, 0.25) is 0 Å². The van der Waals surface area contributed by atoms with Crippen LogP contribution in [-0.4, -0.2) is 16.8 Å². The molecule has 1 unspecified atom stereocenters. The van der Waals surface area contributed by atoms with Gasteiger partial charge in [-0.3, -0.25) is 0 Å². The topological polar surface area (TPSA) is 64.9 Å². The molecule has 0 saturated carbocycles. The molecule has 0 aliphatic heterocycles. The van der Waals surface area contributed by atoms with Crippen LogP contribution in [0.2, 0.25) is 0 Å². The third-order valence-corrected chi connectivity index (χ3v) is 4.25. The van der Waals surface area contributed by atoms with Crippen LogP contribution in [0.5, 0.6) is 0 Å². The summed E-state index contributed by atoms with van der Waals surface area (Å²) in [7, 11) is 0. The number of hydrogen-bond acceptors (Lipinski definition) is 4. The van der Waals surface area contributed by atoms with E-state index < -0.39 is 0 Å². The third kappa shape index (κ3) is 4.26. The Labute approximate surface area is 118 Å². The van der Waals surface area contributed by atoms with E-state index in [-0.39, 0.29) is 6.04 Å². The molecule has 100 valence electrons. The fourth-order valence-electron chi connectivity index (χ4n) is 1.90. The summed E-state index contributed by atoms with van der Waals surface area (Å²) in [5, 5.41) is 0. The first kappa shape index (κ1) is 13.9. The van der Waals surface area contributed by atoms with Gasteiger partial charge in [0.05, 0.1) is 0 Å². The lowest BCUT2D eigenvalue weighted by atomic mass is 10.1. The molecule has 1 heterocycles. The van der Waals surface area contributed by atoms with E-state index in [9.17, 15) is 0 Å². The van der Waals surface area contributed by atoms with E-state index >= 15 is 0 Å². The molecule has 1 atom stereocenters. The van der Waals surface area contributed by atoms with Crippen LogP contribution in [0, 0.1) is 6.92 Å². The van der Waals surface area contributed by atoms with E-state index in [0.717, 1.165) is 17.7 Å². The van der Waals surface area contributed by atoms with Crippen LogP contribution in [0.3, 0.4) is 0 Å². The summed E-state index contributed by atoms with van der Waals surface area (Å²) in [5.41, 5.74) is 14.3. The zero-order valence-corrected chi connectivity index (χ0v) is 11.9. The maximum Gasteiger partial charge on any atom is 0.123 e. The van der Waals surface area contributed by atoms with Gasteiger partial charge in [-0.15, -0.1) is 11.8 Å². The molecule has 0 fully saturated rings. The zero-order valence-electron chi connectivity index (χ0n) is 11.0. The molecule has 0 aliphatic carbocycles. The van der Waals surface area contributed by atoms with E-state index in [2.05, 4.69) is 36.2 Å². The molecule has 0 amide bonds. The van der Waals surface area contributed by atoms with Crippen LogP contribution in [0.1, 0.15) is 11.1 Å². The second-order valence-electron chi connectivity index (χ2n) is 4.63. The van der Waals surface area contributed by atoms with Crippen molar-refractivity contribution in [1.29, 1.82) is 0 Å². The summed E-state index contributed by atoms with van der Waals surface area (Å²) >= 11 is 1.81. The van der Waals surface area contributed by atoms with Gasteiger partial charge in [0.25, 0.3) is 0 Å². The van der Waals surface area contributed by atoms with Gasteiger partial charge < -0.3 is 11.5 Å². The lowest BCUT2D eigenvalue weighted by Crippen LogP contribution is -2.25. The number of nitrogen functional groups attached to an aromatic ring is 1. The van der Waals surface area contributed by atoms with Crippen molar-refractivity contribution in [2.45, 2.75) is 24.3 Å². The average Bonchev–Trinajstić information content (AvgIpc) is 2.38. The lowest BCUT2D eigenvalue weighted by molar-refractivity contribution is 0.748. The van der Waals surface area contributed by atoms with Crippen LogP contribution >= 0.6 is 11.8 Å². The standard InChI is InChI=1S/C15H19N3S/c1-11-4-2-3-5-14(11)19-10-13(16)8-12-6-7-18-15(17)9-12/h2-7,9,13H,8,10,16H2,1H3,(H2,17,18). The van der Waals surface area contributed by atoms with Crippen molar-refractivity contribution in [3.63, 3.8) is 0 Å². The Morgan fingerprint density at radius 2 is 2.05 bits per heavy atom. The van der Waals surface area contributed by atoms with E-state index in [0.29, 0.717) is 5.82 Å². The molecule has 0 spiro atoms. The predicted molar refractivity (Wildman–Crippen MR) is 82.2 cm³/mol. The second-order valence-corrected chi connectivity index (χ2v) is 5.69. The first-order chi connectivity index (χ1) is 9.15. The van der Waals surface area contributed by atoms with Gasteiger partial charge in [-0.05, 0) is 42.7 Å². The molecule has 0 saturated heterocycles. The van der Waals surface area contributed by atoms with Crippen LogP contribution in [0.4, 0.5) is 5.82 Å². The summed E-state index contributed by atoms with van der Waals surface area (Å²) in [5.74, 6) is 1.45. The largest absolute Gasteiger partial charge is 0.384 e. The molecule has 2 rings (SSSR count). The van der Waals surface area contributed by atoms with Crippen molar-refractivity contribution >= 4 is 17.6 Å². The summed E-state index contributed by atoms with van der Waals surface area (Å²) in [6, 6.07) is 12.3. The monoisotopic (exact) mass is 273 g/mol. The number of nitrogens with two attached hydrogens (primary N) is 2. The quantitative estimate of drug-likeness (QED) is 0.822. The van der Waals surface area contributed by atoms with Crippen LogP contribution in [0.15, 0.2) is 47.5 Å². The summed E-state index contributed by atoms with van der Waals surface area (Å²) in [6.07, 6.45) is 2.55. The van der Waals surface area contributed by atoms with E-state index in [1.54, 1.807) is 18.0 Å². The third-order valence-electron chi connectivity index (χ3n) is 2.89. The zero-order chi connectivity index (χ0) is 13.7. The van der Waals surface area contributed by atoms with Gasteiger partial charge in [-0.25, -0.2) is 4.98 Å². The van der Waals surface area contributed by atoms with Gasteiger partial charge in [-0.1, -0.05) is 18.2 Å². The highest BCUT2D eigenvalue weighted by Crippen LogP contribution is 2.22. The van der Waals surface area contributed by atoms with E-state index in [1.807, 2.05) is 12.1 Å². The van der Waals surface area contributed by atoms with E-state index in [1.165, 1.54) is 10.5 Å². The summed E-state index contributed by atoms with van der Waals surface area (Å²) < 4.78 is 0. The Morgan fingerprint density at radius 3 is 2.79 bits per heavy atom. The molecule has 4 N–H and O–H groups in total. The van der Waals surface area contributed by atoms with Crippen molar-refractivity contribution in [2.24, 2.45) is 5.73 Å². The van der Waals surface area contributed by atoms with Gasteiger partial charge >= 0.3 is 0 Å². The van der Waals surface area contributed by atoms with Crippen LogP contribution < -0.4 is 11.5 Å². The number of aromatic nitrogens is 1. The fraction of sp³-hybridized carbons (Fsp3) is 0.267. The summed E-state index contributed by atoms with van der Waals surface area (Å²) in [4.78, 5) is 5.28. The molecule has 4 heteroatoms. The Hall–Kier alpha value is -1.52.